The lowest BCUT2D eigenvalue weighted by Crippen LogP contribution is -2.39. The van der Waals surface area contributed by atoms with E-state index < -0.39 is 11.7 Å². The van der Waals surface area contributed by atoms with Crippen LogP contribution in [0.2, 0.25) is 0 Å². The Hall–Kier alpha value is -2.17. The molecule has 0 radical (unpaired) electrons. The predicted molar refractivity (Wildman–Crippen MR) is 86.8 cm³/mol. The van der Waals surface area contributed by atoms with Gasteiger partial charge in [0.15, 0.2) is 0 Å². The van der Waals surface area contributed by atoms with Crippen molar-refractivity contribution in [3.63, 3.8) is 0 Å². The zero-order valence-corrected chi connectivity index (χ0v) is 13.7. The number of carbonyl (C=O) groups is 1. The summed E-state index contributed by atoms with van der Waals surface area (Å²) in [5.74, 6) is 0.454. The van der Waals surface area contributed by atoms with Gasteiger partial charge in [0.1, 0.15) is 11.4 Å². The number of hydrogen-bond donors (Lipinski definition) is 0. The van der Waals surface area contributed by atoms with Gasteiger partial charge in [0.25, 0.3) is 0 Å². The van der Waals surface area contributed by atoms with Crippen molar-refractivity contribution in [2.75, 3.05) is 18.6 Å². The Kier molecular flexibility index (Phi) is 3.03. The van der Waals surface area contributed by atoms with E-state index >= 15 is 0 Å². The van der Waals surface area contributed by atoms with Crippen LogP contribution in [0.3, 0.4) is 0 Å². The van der Waals surface area contributed by atoms with Crippen molar-refractivity contribution in [1.82, 2.24) is 4.57 Å². The molecular formula is C17H22N2O3. The number of methoxy groups -OCH3 is 1. The van der Waals surface area contributed by atoms with Crippen LogP contribution < -0.4 is 9.64 Å². The van der Waals surface area contributed by atoms with E-state index in [0.717, 1.165) is 22.9 Å². The molecule has 5 nitrogen and oxygen atoms in total. The highest BCUT2D eigenvalue weighted by Gasteiger charge is 2.29. The highest BCUT2D eigenvalue weighted by atomic mass is 16.6. The van der Waals surface area contributed by atoms with Crippen molar-refractivity contribution in [2.45, 2.75) is 32.8 Å². The minimum atomic E-state index is -0.575. The predicted octanol–water partition coefficient (Wildman–Crippen LogP) is 3.48. The summed E-state index contributed by atoms with van der Waals surface area (Å²) in [5, 5.41) is 0.940. The zero-order valence-electron chi connectivity index (χ0n) is 14.7. The van der Waals surface area contributed by atoms with E-state index in [9.17, 15) is 4.79 Å². The molecule has 1 amide bonds. The number of benzene rings is 1. The number of carbonyl (C=O) groups excluding carboxylic acids is 1. The van der Waals surface area contributed by atoms with Crippen LogP contribution in [-0.4, -0.2) is 29.9 Å². The molecular weight excluding hydrogens is 280 g/mol. The van der Waals surface area contributed by atoms with Gasteiger partial charge in [-0.25, -0.2) is 4.79 Å². The molecule has 0 fully saturated rings. The molecule has 0 saturated carbocycles. The SMILES string of the molecule is [2H]c1c(OC)cc2c3c(cn2C)CCN(C(=O)OC(C)(C)C)c13. The van der Waals surface area contributed by atoms with Crippen molar-refractivity contribution >= 4 is 22.7 Å². The molecule has 0 unspecified atom stereocenters. The number of hydrogen-bond acceptors (Lipinski definition) is 3. The second-order valence-corrected chi connectivity index (χ2v) is 6.59. The number of aryl methyl sites for hydroxylation is 1. The molecule has 0 atom stereocenters. The molecule has 0 spiro atoms. The summed E-state index contributed by atoms with van der Waals surface area (Å²) in [6.07, 6.45) is 2.38. The highest BCUT2D eigenvalue weighted by molar-refractivity contribution is 6.05. The summed E-state index contributed by atoms with van der Waals surface area (Å²) < 4.78 is 21.3. The van der Waals surface area contributed by atoms with E-state index in [4.69, 9.17) is 10.8 Å². The smallest absolute Gasteiger partial charge is 0.414 e. The van der Waals surface area contributed by atoms with Crippen molar-refractivity contribution in [2.24, 2.45) is 7.05 Å². The first kappa shape index (κ1) is 13.5. The maximum absolute atomic E-state index is 12.6. The van der Waals surface area contributed by atoms with E-state index in [-0.39, 0.29) is 6.04 Å². The van der Waals surface area contributed by atoms with E-state index in [1.54, 1.807) is 4.90 Å². The van der Waals surface area contributed by atoms with Crippen LogP contribution in [0.4, 0.5) is 10.5 Å². The Morgan fingerprint density at radius 1 is 1.41 bits per heavy atom. The van der Waals surface area contributed by atoms with Crippen LogP contribution in [-0.2, 0) is 18.2 Å². The third-order valence-corrected chi connectivity index (χ3v) is 3.76. The average molecular weight is 303 g/mol. The van der Waals surface area contributed by atoms with Crippen molar-refractivity contribution in [1.29, 1.82) is 0 Å². The molecule has 1 aromatic carbocycles. The van der Waals surface area contributed by atoms with E-state index in [0.29, 0.717) is 18.0 Å². The maximum Gasteiger partial charge on any atom is 0.414 e. The fourth-order valence-electron chi connectivity index (χ4n) is 2.84. The van der Waals surface area contributed by atoms with Crippen LogP contribution in [0.25, 0.3) is 10.9 Å². The summed E-state index contributed by atoms with van der Waals surface area (Å²) in [7, 11) is 3.50. The van der Waals surface area contributed by atoms with Crippen molar-refractivity contribution in [3.8, 4) is 5.75 Å². The third-order valence-electron chi connectivity index (χ3n) is 3.76. The summed E-state index contributed by atoms with van der Waals surface area (Å²) >= 11 is 0. The standard InChI is InChI=1S/C17H22N2O3/c1-17(2,3)22-16(20)19-7-6-11-10-18(4)13-8-12(21-5)9-14(19)15(11)13/h8-10H,6-7H2,1-5H3/i9D. The Morgan fingerprint density at radius 2 is 2.14 bits per heavy atom. The second-order valence-electron chi connectivity index (χ2n) is 6.59. The molecule has 2 heterocycles. The Bertz CT molecular complexity index is 789. The van der Waals surface area contributed by atoms with Crippen molar-refractivity contribution in [3.05, 3.63) is 23.9 Å². The molecule has 1 aliphatic rings. The molecule has 0 bridgehead atoms. The number of amides is 1. The molecule has 1 aromatic heterocycles. The molecule has 118 valence electrons. The lowest BCUT2D eigenvalue weighted by Gasteiger charge is -2.30. The maximum atomic E-state index is 12.6. The molecule has 2 aromatic rings. The zero-order chi connectivity index (χ0) is 16.9. The minimum absolute atomic E-state index is 0.220. The largest absolute Gasteiger partial charge is 0.497 e. The van der Waals surface area contributed by atoms with Crippen LogP contribution >= 0.6 is 0 Å². The van der Waals surface area contributed by atoms with Gasteiger partial charge in [-0.3, -0.25) is 4.90 Å². The lowest BCUT2D eigenvalue weighted by atomic mass is 10.0. The van der Waals surface area contributed by atoms with Gasteiger partial charge in [0, 0.05) is 37.3 Å². The number of ether oxygens (including phenoxy) is 2. The van der Waals surface area contributed by atoms with Gasteiger partial charge in [0.05, 0.1) is 19.7 Å². The summed E-state index contributed by atoms with van der Waals surface area (Å²) in [6.45, 7) is 6.02. The van der Waals surface area contributed by atoms with Crippen LogP contribution in [0, 0.1) is 0 Å². The van der Waals surface area contributed by atoms with Crippen LogP contribution in [0.15, 0.2) is 18.3 Å². The molecule has 0 aliphatic carbocycles. The van der Waals surface area contributed by atoms with Gasteiger partial charge in [-0.05, 0) is 32.8 Å². The monoisotopic (exact) mass is 303 g/mol. The number of rotatable bonds is 1. The van der Waals surface area contributed by atoms with Gasteiger partial charge >= 0.3 is 6.09 Å². The van der Waals surface area contributed by atoms with Gasteiger partial charge < -0.3 is 14.0 Å². The first-order chi connectivity index (χ1) is 10.7. The first-order valence-corrected chi connectivity index (χ1v) is 7.39. The van der Waals surface area contributed by atoms with E-state index in [1.807, 2.05) is 38.5 Å². The van der Waals surface area contributed by atoms with E-state index in [2.05, 4.69) is 6.20 Å². The Morgan fingerprint density at radius 3 is 2.77 bits per heavy atom. The fraction of sp³-hybridized carbons (Fsp3) is 0.471. The summed E-state index contributed by atoms with van der Waals surface area (Å²) in [6, 6.07) is 2.07. The van der Waals surface area contributed by atoms with Crippen LogP contribution in [0.5, 0.6) is 5.75 Å². The molecule has 1 aliphatic heterocycles. The highest BCUT2D eigenvalue weighted by Crippen LogP contribution is 2.39. The van der Waals surface area contributed by atoms with Crippen LogP contribution in [0.1, 0.15) is 27.7 Å². The minimum Gasteiger partial charge on any atom is -0.497 e. The summed E-state index contributed by atoms with van der Waals surface area (Å²) in [5.41, 5.74) is 2.11. The molecule has 0 saturated heterocycles. The molecule has 22 heavy (non-hydrogen) atoms. The topological polar surface area (TPSA) is 43.7 Å². The van der Waals surface area contributed by atoms with E-state index in [1.165, 1.54) is 7.11 Å². The van der Waals surface area contributed by atoms with Gasteiger partial charge in [-0.1, -0.05) is 0 Å². The first-order valence-electron chi connectivity index (χ1n) is 7.89. The van der Waals surface area contributed by atoms with Gasteiger partial charge in [0.2, 0.25) is 0 Å². The van der Waals surface area contributed by atoms with Gasteiger partial charge in [-0.15, -0.1) is 0 Å². The average Bonchev–Trinajstić information content (AvgIpc) is 2.77. The Balaban J connectivity index is 2.20. The quantitative estimate of drug-likeness (QED) is 0.810. The molecule has 5 heteroatoms. The number of anilines is 1. The lowest BCUT2D eigenvalue weighted by molar-refractivity contribution is 0.0580. The molecule has 3 rings (SSSR count). The van der Waals surface area contributed by atoms with Gasteiger partial charge in [-0.2, -0.15) is 0 Å². The third kappa shape index (κ3) is 2.40. The number of aromatic nitrogens is 1. The fourth-order valence-corrected chi connectivity index (χ4v) is 2.84. The van der Waals surface area contributed by atoms with Crippen molar-refractivity contribution < 1.29 is 15.6 Å². The number of nitrogens with zero attached hydrogens (tertiary/aromatic N) is 2. The molecule has 0 N–H and O–H groups in total. The second kappa shape index (κ2) is 4.93. The normalized spacial score (nSPS) is 15.0. The summed E-state index contributed by atoms with van der Waals surface area (Å²) in [4.78, 5) is 14.2. The Labute approximate surface area is 131 Å².